The lowest BCUT2D eigenvalue weighted by atomic mass is 9.91. The Balaban J connectivity index is 1.78. The molecule has 9 nitrogen and oxygen atoms in total. The lowest BCUT2D eigenvalue weighted by Gasteiger charge is -2.22. The third-order valence-corrected chi connectivity index (χ3v) is 5.37. The number of aromatic nitrogens is 3. The summed E-state index contributed by atoms with van der Waals surface area (Å²) in [7, 11) is 0. The van der Waals surface area contributed by atoms with Crippen molar-refractivity contribution in [2.24, 2.45) is 16.9 Å². The smallest absolute Gasteiger partial charge is 0.325 e. The molecule has 0 aliphatic carbocycles. The lowest BCUT2D eigenvalue weighted by Crippen LogP contribution is -2.33. The molecule has 0 saturated heterocycles. The highest BCUT2D eigenvalue weighted by Gasteiger charge is 2.27. The van der Waals surface area contributed by atoms with Crippen LogP contribution in [0.15, 0.2) is 60.8 Å². The van der Waals surface area contributed by atoms with Crippen LogP contribution in [0.5, 0.6) is 11.5 Å². The van der Waals surface area contributed by atoms with Gasteiger partial charge in [0.05, 0.1) is 17.1 Å². The highest BCUT2D eigenvalue weighted by molar-refractivity contribution is 5.98. The highest BCUT2D eigenvalue weighted by Crippen LogP contribution is 2.35. The molecule has 4 rings (SSSR count). The summed E-state index contributed by atoms with van der Waals surface area (Å²) in [5.41, 5.74) is 10.8. The molecule has 0 aliphatic rings. The minimum atomic E-state index is -1.07. The molecule has 0 fully saturated rings. The Bertz CT molecular complexity index is 1540. The third-order valence-electron chi connectivity index (χ3n) is 5.37. The van der Waals surface area contributed by atoms with Crippen LogP contribution in [-0.4, -0.2) is 26.7 Å². The molecule has 0 radical (unpaired) electrons. The first kappa shape index (κ1) is 27.2. The van der Waals surface area contributed by atoms with Crippen molar-refractivity contribution < 1.29 is 27.5 Å². The number of nitrogens with zero attached hydrogens (tertiary/aromatic N) is 4. The molecule has 2 aromatic carbocycles. The zero-order chi connectivity index (χ0) is 28.5. The van der Waals surface area contributed by atoms with Crippen molar-refractivity contribution >= 4 is 23.4 Å². The Kier molecular flexibility index (Phi) is 7.30. The van der Waals surface area contributed by atoms with E-state index in [1.165, 1.54) is 36.5 Å². The summed E-state index contributed by atoms with van der Waals surface area (Å²) >= 11 is 0. The van der Waals surface area contributed by atoms with Gasteiger partial charge in [-0.2, -0.15) is 5.10 Å². The first-order valence-corrected chi connectivity index (χ1v) is 11.7. The maximum atomic E-state index is 15.4. The van der Waals surface area contributed by atoms with Crippen LogP contribution in [0.3, 0.4) is 0 Å². The fourth-order valence-electron chi connectivity index (χ4n) is 3.89. The molecule has 3 amide bonds. The average molecular weight is 539 g/mol. The number of hydrogen-bond donors (Lipinski definition) is 2. The summed E-state index contributed by atoms with van der Waals surface area (Å²) in [6.45, 7) is 5.90. The van der Waals surface area contributed by atoms with Gasteiger partial charge in [-0.15, -0.1) is 0 Å². The van der Waals surface area contributed by atoms with Gasteiger partial charge in [0.2, 0.25) is 0 Å². The SMILES string of the molecule is CC(C)(C)Cc1cc(N(C(N)=O)c2ccc(Oc3ccnc(C(N)=O)c3)cc2F)n(-c2cc(F)cc(F)c2)n1. The van der Waals surface area contributed by atoms with Crippen LogP contribution < -0.4 is 21.1 Å². The van der Waals surface area contributed by atoms with Crippen molar-refractivity contribution in [2.45, 2.75) is 27.2 Å². The van der Waals surface area contributed by atoms with Crippen LogP contribution in [0, 0.1) is 22.9 Å². The number of carbonyl (C=O) groups excluding carboxylic acids is 2. The molecule has 0 spiro atoms. The molecule has 2 heterocycles. The second-order valence-corrected chi connectivity index (χ2v) is 9.90. The van der Waals surface area contributed by atoms with E-state index in [0.29, 0.717) is 18.2 Å². The first-order valence-electron chi connectivity index (χ1n) is 11.7. The quantitative estimate of drug-likeness (QED) is 0.326. The molecule has 0 bridgehead atoms. The normalized spacial score (nSPS) is 11.3. The van der Waals surface area contributed by atoms with E-state index in [1.54, 1.807) is 0 Å². The Hall–Kier alpha value is -4.87. The van der Waals surface area contributed by atoms with Gasteiger partial charge in [0, 0.05) is 30.5 Å². The van der Waals surface area contributed by atoms with Crippen molar-refractivity contribution in [3.8, 4) is 17.2 Å². The molecule has 39 heavy (non-hydrogen) atoms. The Labute approximate surface area is 221 Å². The molecular formula is C27H25F3N6O3. The lowest BCUT2D eigenvalue weighted by molar-refractivity contribution is 0.0995. The average Bonchev–Trinajstić information content (AvgIpc) is 3.21. The van der Waals surface area contributed by atoms with Crippen LogP contribution in [0.25, 0.3) is 5.69 Å². The number of rotatable bonds is 7. The number of urea groups is 1. The van der Waals surface area contributed by atoms with E-state index in [9.17, 15) is 18.4 Å². The minimum absolute atomic E-state index is 0.0282. The molecule has 0 unspecified atom stereocenters. The van der Waals surface area contributed by atoms with Crippen molar-refractivity contribution in [2.75, 3.05) is 4.90 Å². The summed E-state index contributed by atoms with van der Waals surface area (Å²) in [6, 6.07) is 9.56. The van der Waals surface area contributed by atoms with Crippen molar-refractivity contribution in [3.63, 3.8) is 0 Å². The van der Waals surface area contributed by atoms with Crippen molar-refractivity contribution in [1.29, 1.82) is 0 Å². The Morgan fingerprint density at radius 1 is 0.949 bits per heavy atom. The number of pyridine rings is 1. The van der Waals surface area contributed by atoms with Gasteiger partial charge >= 0.3 is 6.03 Å². The number of primary amides is 2. The number of nitrogens with two attached hydrogens (primary N) is 2. The van der Waals surface area contributed by atoms with E-state index in [-0.39, 0.29) is 39.8 Å². The second kappa shape index (κ2) is 10.5. The van der Waals surface area contributed by atoms with E-state index in [2.05, 4.69) is 10.1 Å². The molecule has 2 aromatic heterocycles. The summed E-state index contributed by atoms with van der Waals surface area (Å²) < 4.78 is 50.3. The second-order valence-electron chi connectivity index (χ2n) is 9.90. The number of halogens is 3. The topological polar surface area (TPSA) is 129 Å². The standard InChI is InChI=1S/C27H25F3N6O3/c1-27(2,3)14-17-11-24(36(34-17)18-9-15(28)8-16(29)10-18)35(26(32)38)23-5-4-19(12-21(23)30)39-20-6-7-33-22(13-20)25(31)37/h4-13H,14H2,1-3H3,(H2,31,37)(H2,32,38). The summed E-state index contributed by atoms with van der Waals surface area (Å²) in [6.07, 6.45) is 1.74. The summed E-state index contributed by atoms with van der Waals surface area (Å²) in [5, 5.41) is 4.45. The third kappa shape index (κ3) is 6.35. The van der Waals surface area contributed by atoms with Crippen LogP contribution in [0.2, 0.25) is 0 Å². The summed E-state index contributed by atoms with van der Waals surface area (Å²) in [4.78, 5) is 28.7. The van der Waals surface area contributed by atoms with Crippen LogP contribution in [-0.2, 0) is 6.42 Å². The minimum Gasteiger partial charge on any atom is -0.457 e. The number of benzene rings is 2. The van der Waals surface area contributed by atoms with Gasteiger partial charge in [0.15, 0.2) is 5.82 Å². The molecule has 0 saturated carbocycles. The molecule has 0 aliphatic heterocycles. The van der Waals surface area contributed by atoms with Gasteiger partial charge in [0.1, 0.15) is 34.6 Å². The van der Waals surface area contributed by atoms with Crippen LogP contribution in [0.1, 0.15) is 37.0 Å². The number of carbonyl (C=O) groups is 2. The summed E-state index contributed by atoms with van der Waals surface area (Å²) in [5.74, 6) is -3.20. The largest absolute Gasteiger partial charge is 0.457 e. The van der Waals surface area contributed by atoms with E-state index in [4.69, 9.17) is 16.2 Å². The molecule has 4 N–H and O–H groups in total. The number of ether oxygens (including phenoxy) is 1. The van der Waals surface area contributed by atoms with E-state index >= 15 is 4.39 Å². The van der Waals surface area contributed by atoms with Crippen LogP contribution >= 0.6 is 0 Å². The van der Waals surface area contributed by atoms with Gasteiger partial charge in [0.25, 0.3) is 5.91 Å². The molecule has 202 valence electrons. The fraction of sp³-hybridized carbons (Fsp3) is 0.185. The Morgan fingerprint density at radius 2 is 1.62 bits per heavy atom. The van der Waals surface area contributed by atoms with Gasteiger partial charge in [-0.25, -0.2) is 27.5 Å². The van der Waals surface area contributed by atoms with Gasteiger partial charge in [-0.1, -0.05) is 20.8 Å². The monoisotopic (exact) mass is 538 g/mol. The zero-order valence-electron chi connectivity index (χ0n) is 21.3. The van der Waals surface area contributed by atoms with Crippen LogP contribution in [0.4, 0.5) is 29.5 Å². The predicted octanol–water partition coefficient (Wildman–Crippen LogP) is 5.38. The molecule has 4 aromatic rings. The molecule has 0 atom stereocenters. The fourth-order valence-corrected chi connectivity index (χ4v) is 3.89. The van der Waals surface area contributed by atoms with Crippen molar-refractivity contribution in [3.05, 3.63) is 89.6 Å². The van der Waals surface area contributed by atoms with Gasteiger partial charge in [-0.3, -0.25) is 9.78 Å². The predicted molar refractivity (Wildman–Crippen MR) is 138 cm³/mol. The molecule has 12 heteroatoms. The number of anilines is 2. The Morgan fingerprint density at radius 3 is 2.21 bits per heavy atom. The van der Waals surface area contributed by atoms with Gasteiger partial charge < -0.3 is 16.2 Å². The number of hydrogen-bond acceptors (Lipinski definition) is 5. The highest BCUT2D eigenvalue weighted by atomic mass is 19.1. The van der Waals surface area contributed by atoms with E-state index in [1.807, 2.05) is 20.8 Å². The molecular weight excluding hydrogens is 513 g/mol. The maximum absolute atomic E-state index is 15.4. The zero-order valence-corrected chi connectivity index (χ0v) is 21.3. The number of amides is 3. The van der Waals surface area contributed by atoms with E-state index < -0.39 is 29.4 Å². The van der Waals surface area contributed by atoms with Crippen molar-refractivity contribution in [1.82, 2.24) is 14.8 Å². The first-order chi connectivity index (χ1) is 18.3. The van der Waals surface area contributed by atoms with E-state index in [0.717, 1.165) is 27.8 Å². The maximum Gasteiger partial charge on any atom is 0.325 e. The van der Waals surface area contributed by atoms with Gasteiger partial charge in [-0.05, 0) is 42.2 Å².